The second kappa shape index (κ2) is 9.84. The first-order valence-corrected chi connectivity index (χ1v) is 9.66. The number of aryl methyl sites for hydroxylation is 2. The highest BCUT2D eigenvalue weighted by atomic mass is 16.5. The molecule has 0 unspecified atom stereocenters. The van der Waals surface area contributed by atoms with Crippen molar-refractivity contribution in [3.05, 3.63) is 71.2 Å². The maximum absolute atomic E-state index is 12.8. The molecule has 156 valence electrons. The lowest BCUT2D eigenvalue weighted by Gasteiger charge is -2.15. The molecule has 0 radical (unpaired) electrons. The van der Waals surface area contributed by atoms with Crippen LogP contribution in [-0.4, -0.2) is 40.5 Å². The van der Waals surface area contributed by atoms with E-state index < -0.39 is 0 Å². The molecule has 1 amide bonds. The van der Waals surface area contributed by atoms with Crippen LogP contribution >= 0.6 is 0 Å². The van der Waals surface area contributed by atoms with E-state index in [1.165, 1.54) is 0 Å². The van der Waals surface area contributed by atoms with Crippen LogP contribution in [0.2, 0.25) is 0 Å². The molecule has 2 heterocycles. The standard InChI is InChI=1S/C23H26N4O3/c1-16-6-5-7-20(24-16)9-8-18-12-19(14-21(13-18)30-17(2)15-29-4)23(28)25-22-10-11-27(3)26-22/h5-14,17H,15H2,1-4H3,(H,25,26,28)/b9-8+/t17-/m0/s1. The molecule has 0 aliphatic carbocycles. The molecule has 1 N–H and O–H groups in total. The number of carbonyl (C=O) groups is 1. The SMILES string of the molecule is COC[C@H](C)Oc1cc(/C=C/c2cccc(C)n2)cc(C(=O)Nc2ccn(C)n2)c1. The maximum atomic E-state index is 12.8. The lowest BCUT2D eigenvalue weighted by molar-refractivity contribution is 0.0917. The molecule has 2 aromatic heterocycles. The predicted octanol–water partition coefficient (Wildman–Crippen LogP) is 3.96. The number of aromatic nitrogens is 3. The minimum absolute atomic E-state index is 0.153. The largest absolute Gasteiger partial charge is 0.488 e. The molecule has 30 heavy (non-hydrogen) atoms. The first-order valence-electron chi connectivity index (χ1n) is 9.66. The van der Waals surface area contributed by atoms with Gasteiger partial charge in [0.15, 0.2) is 5.82 Å². The Hall–Kier alpha value is -3.45. The van der Waals surface area contributed by atoms with Gasteiger partial charge in [0.25, 0.3) is 5.91 Å². The normalized spacial score (nSPS) is 12.1. The number of carbonyl (C=O) groups excluding carboxylic acids is 1. The number of rotatable bonds is 8. The third-order valence-electron chi connectivity index (χ3n) is 4.24. The summed E-state index contributed by atoms with van der Waals surface area (Å²) >= 11 is 0. The second-order valence-electron chi connectivity index (χ2n) is 7.04. The summed E-state index contributed by atoms with van der Waals surface area (Å²) in [5.74, 6) is 0.814. The van der Waals surface area contributed by atoms with Crippen molar-refractivity contribution >= 4 is 23.9 Å². The summed E-state index contributed by atoms with van der Waals surface area (Å²) in [5.41, 5.74) is 3.08. The van der Waals surface area contributed by atoms with Gasteiger partial charge in [-0.1, -0.05) is 12.1 Å². The van der Waals surface area contributed by atoms with Crippen LogP contribution in [0.3, 0.4) is 0 Å². The number of benzene rings is 1. The maximum Gasteiger partial charge on any atom is 0.257 e. The van der Waals surface area contributed by atoms with Gasteiger partial charge in [-0.15, -0.1) is 0 Å². The molecule has 1 aromatic carbocycles. The Morgan fingerprint density at radius 1 is 1.23 bits per heavy atom. The van der Waals surface area contributed by atoms with Gasteiger partial charge in [0.05, 0.1) is 12.3 Å². The molecule has 0 bridgehead atoms. The zero-order valence-electron chi connectivity index (χ0n) is 17.6. The molecular weight excluding hydrogens is 380 g/mol. The number of hydrogen-bond donors (Lipinski definition) is 1. The van der Waals surface area contributed by atoms with Crippen LogP contribution in [0.15, 0.2) is 48.7 Å². The van der Waals surface area contributed by atoms with Gasteiger partial charge in [-0.2, -0.15) is 5.10 Å². The van der Waals surface area contributed by atoms with Gasteiger partial charge in [-0.25, -0.2) is 0 Å². The fourth-order valence-electron chi connectivity index (χ4n) is 2.93. The van der Waals surface area contributed by atoms with Crippen molar-refractivity contribution < 1.29 is 14.3 Å². The summed E-state index contributed by atoms with van der Waals surface area (Å²) in [7, 11) is 3.42. The Balaban J connectivity index is 1.88. The van der Waals surface area contributed by atoms with E-state index in [1.807, 2.05) is 50.3 Å². The molecule has 0 spiro atoms. The van der Waals surface area contributed by atoms with Crippen LogP contribution in [0.1, 0.15) is 34.2 Å². The zero-order valence-corrected chi connectivity index (χ0v) is 17.6. The highest BCUT2D eigenvalue weighted by Crippen LogP contribution is 2.21. The number of hydrogen-bond acceptors (Lipinski definition) is 5. The highest BCUT2D eigenvalue weighted by molar-refractivity contribution is 6.04. The fourth-order valence-corrected chi connectivity index (χ4v) is 2.93. The number of ether oxygens (including phenoxy) is 2. The Morgan fingerprint density at radius 3 is 2.77 bits per heavy atom. The average molecular weight is 406 g/mol. The highest BCUT2D eigenvalue weighted by Gasteiger charge is 2.12. The van der Waals surface area contributed by atoms with Gasteiger partial charge in [0.1, 0.15) is 11.9 Å². The van der Waals surface area contributed by atoms with Crippen LogP contribution in [0.4, 0.5) is 5.82 Å². The van der Waals surface area contributed by atoms with Crippen molar-refractivity contribution in [2.24, 2.45) is 7.05 Å². The zero-order chi connectivity index (χ0) is 21.5. The Kier molecular flexibility index (Phi) is 6.98. The van der Waals surface area contributed by atoms with Crippen molar-refractivity contribution in [2.45, 2.75) is 20.0 Å². The van der Waals surface area contributed by atoms with Crippen molar-refractivity contribution in [1.82, 2.24) is 14.8 Å². The van der Waals surface area contributed by atoms with Gasteiger partial charge in [-0.3, -0.25) is 14.5 Å². The molecule has 0 aliphatic rings. The lowest BCUT2D eigenvalue weighted by Crippen LogP contribution is -2.19. The molecule has 3 rings (SSSR count). The molecule has 7 nitrogen and oxygen atoms in total. The molecule has 0 aliphatic heterocycles. The van der Waals surface area contributed by atoms with Crippen LogP contribution in [0, 0.1) is 6.92 Å². The van der Waals surface area contributed by atoms with Crippen molar-refractivity contribution in [2.75, 3.05) is 19.0 Å². The van der Waals surface area contributed by atoms with Crippen LogP contribution in [-0.2, 0) is 11.8 Å². The van der Waals surface area contributed by atoms with Gasteiger partial charge in [0, 0.05) is 37.7 Å². The van der Waals surface area contributed by atoms with E-state index in [9.17, 15) is 4.79 Å². The minimum atomic E-state index is -0.262. The summed E-state index contributed by atoms with van der Waals surface area (Å²) in [6.07, 6.45) is 5.43. The summed E-state index contributed by atoms with van der Waals surface area (Å²) in [6.45, 7) is 4.31. The monoisotopic (exact) mass is 406 g/mol. The van der Waals surface area contributed by atoms with Crippen molar-refractivity contribution in [3.63, 3.8) is 0 Å². The molecule has 0 saturated carbocycles. The number of pyridine rings is 1. The molecule has 1 atom stereocenters. The summed E-state index contributed by atoms with van der Waals surface area (Å²) < 4.78 is 12.7. The minimum Gasteiger partial charge on any atom is -0.488 e. The van der Waals surface area contributed by atoms with E-state index in [2.05, 4.69) is 15.4 Å². The van der Waals surface area contributed by atoms with Crippen molar-refractivity contribution in [3.8, 4) is 5.75 Å². The Morgan fingerprint density at radius 2 is 2.07 bits per heavy atom. The summed E-state index contributed by atoms with van der Waals surface area (Å²) in [4.78, 5) is 17.3. The molecular formula is C23H26N4O3. The average Bonchev–Trinajstić information content (AvgIpc) is 3.11. The summed E-state index contributed by atoms with van der Waals surface area (Å²) in [6, 6.07) is 13.0. The number of nitrogens with one attached hydrogen (secondary N) is 1. The first-order chi connectivity index (χ1) is 14.4. The number of methoxy groups -OCH3 is 1. The van der Waals surface area contributed by atoms with E-state index in [1.54, 1.807) is 43.2 Å². The van der Waals surface area contributed by atoms with Crippen LogP contribution in [0.25, 0.3) is 12.2 Å². The lowest BCUT2D eigenvalue weighted by atomic mass is 10.1. The van der Waals surface area contributed by atoms with Gasteiger partial charge in [0.2, 0.25) is 0 Å². The van der Waals surface area contributed by atoms with E-state index in [0.717, 1.165) is 17.0 Å². The Labute approximate surface area is 176 Å². The quantitative estimate of drug-likeness (QED) is 0.613. The second-order valence-corrected chi connectivity index (χ2v) is 7.04. The fraction of sp³-hybridized carbons (Fsp3) is 0.261. The predicted molar refractivity (Wildman–Crippen MR) is 117 cm³/mol. The van der Waals surface area contributed by atoms with E-state index in [4.69, 9.17) is 9.47 Å². The van der Waals surface area contributed by atoms with E-state index in [-0.39, 0.29) is 12.0 Å². The molecule has 0 fully saturated rings. The number of amides is 1. The molecule has 3 aromatic rings. The smallest absolute Gasteiger partial charge is 0.257 e. The van der Waals surface area contributed by atoms with Crippen LogP contribution < -0.4 is 10.1 Å². The third-order valence-corrected chi connectivity index (χ3v) is 4.24. The van der Waals surface area contributed by atoms with E-state index >= 15 is 0 Å². The van der Waals surface area contributed by atoms with Crippen molar-refractivity contribution in [1.29, 1.82) is 0 Å². The Bertz CT molecular complexity index is 1040. The van der Waals surface area contributed by atoms with E-state index in [0.29, 0.717) is 23.7 Å². The van der Waals surface area contributed by atoms with Gasteiger partial charge >= 0.3 is 0 Å². The van der Waals surface area contributed by atoms with Gasteiger partial charge < -0.3 is 14.8 Å². The third kappa shape index (κ3) is 6.02. The number of nitrogens with zero attached hydrogens (tertiary/aromatic N) is 3. The summed E-state index contributed by atoms with van der Waals surface area (Å²) in [5, 5.41) is 7.00. The topological polar surface area (TPSA) is 78.3 Å². The first kappa shape index (κ1) is 21.3. The van der Waals surface area contributed by atoms with Crippen LogP contribution in [0.5, 0.6) is 5.75 Å². The molecule has 0 saturated heterocycles. The van der Waals surface area contributed by atoms with Gasteiger partial charge in [-0.05, 0) is 55.8 Å². The molecule has 7 heteroatoms. The number of anilines is 1.